The summed E-state index contributed by atoms with van der Waals surface area (Å²) in [4.78, 5) is 4.89. The molecule has 0 spiro atoms. The van der Waals surface area contributed by atoms with Crippen molar-refractivity contribution in [2.45, 2.75) is 6.92 Å². The third-order valence-corrected chi connectivity index (χ3v) is 5.38. The molecular formula is C23H28N2O2. The van der Waals surface area contributed by atoms with E-state index in [-0.39, 0.29) is 0 Å². The van der Waals surface area contributed by atoms with Gasteiger partial charge >= 0.3 is 0 Å². The maximum Gasteiger partial charge on any atom is 0.0642 e. The molecule has 0 N–H and O–H groups in total. The van der Waals surface area contributed by atoms with E-state index in [0.717, 1.165) is 52.6 Å². The molecule has 2 aliphatic rings. The van der Waals surface area contributed by atoms with Crippen molar-refractivity contribution in [3.8, 4) is 0 Å². The Bertz CT molecular complexity index is 727. The summed E-state index contributed by atoms with van der Waals surface area (Å²) < 4.78 is 11.1. The van der Waals surface area contributed by atoms with Gasteiger partial charge in [-0.05, 0) is 24.6 Å². The second kappa shape index (κ2) is 8.59. The van der Waals surface area contributed by atoms with Gasteiger partial charge in [-0.15, -0.1) is 0 Å². The number of rotatable bonds is 4. The second-order valence-electron chi connectivity index (χ2n) is 6.94. The number of hydrogen-bond acceptors (Lipinski definition) is 4. The largest absolute Gasteiger partial charge is 0.378 e. The van der Waals surface area contributed by atoms with E-state index in [1.54, 1.807) is 0 Å². The predicted octanol–water partition coefficient (Wildman–Crippen LogP) is 3.81. The second-order valence-corrected chi connectivity index (χ2v) is 6.94. The van der Waals surface area contributed by atoms with Crippen molar-refractivity contribution in [3.05, 3.63) is 65.7 Å². The summed E-state index contributed by atoms with van der Waals surface area (Å²) in [5.74, 6) is 0. The van der Waals surface area contributed by atoms with E-state index in [0.29, 0.717) is 0 Å². The highest BCUT2D eigenvalue weighted by molar-refractivity contribution is 5.91. The zero-order valence-electron chi connectivity index (χ0n) is 16.1. The molecule has 4 nitrogen and oxygen atoms in total. The molecule has 0 radical (unpaired) electrons. The Morgan fingerprint density at radius 3 is 1.52 bits per heavy atom. The lowest BCUT2D eigenvalue weighted by Crippen LogP contribution is -2.37. The average Bonchev–Trinajstić information content (AvgIpc) is 2.76. The van der Waals surface area contributed by atoms with Gasteiger partial charge in [0, 0.05) is 48.7 Å². The first kappa shape index (κ1) is 18.1. The van der Waals surface area contributed by atoms with Crippen molar-refractivity contribution in [2.24, 2.45) is 0 Å². The van der Waals surface area contributed by atoms with Gasteiger partial charge in [0.05, 0.1) is 26.4 Å². The van der Waals surface area contributed by atoms with E-state index in [9.17, 15) is 0 Å². The third-order valence-electron chi connectivity index (χ3n) is 5.38. The minimum Gasteiger partial charge on any atom is -0.378 e. The van der Waals surface area contributed by atoms with Gasteiger partial charge in [0.25, 0.3) is 0 Å². The Morgan fingerprint density at radius 2 is 1.11 bits per heavy atom. The van der Waals surface area contributed by atoms with Crippen molar-refractivity contribution in [1.82, 2.24) is 0 Å². The number of benzene rings is 2. The topological polar surface area (TPSA) is 24.9 Å². The first-order valence-corrected chi connectivity index (χ1v) is 9.89. The van der Waals surface area contributed by atoms with Gasteiger partial charge < -0.3 is 19.3 Å². The maximum atomic E-state index is 5.56. The monoisotopic (exact) mass is 364 g/mol. The Balaban J connectivity index is 1.74. The minimum atomic E-state index is 0.796. The smallest absolute Gasteiger partial charge is 0.0642 e. The van der Waals surface area contributed by atoms with Crippen LogP contribution in [0.5, 0.6) is 0 Å². The summed E-state index contributed by atoms with van der Waals surface area (Å²) >= 11 is 0. The zero-order chi connectivity index (χ0) is 18.5. The number of nitrogens with zero attached hydrogens (tertiary/aromatic N) is 2. The molecule has 2 saturated heterocycles. The summed E-state index contributed by atoms with van der Waals surface area (Å²) in [7, 11) is 0. The number of allylic oxidation sites excluding steroid dienone is 1. The number of morpholine rings is 2. The molecule has 0 atom stereocenters. The minimum absolute atomic E-state index is 0.796. The Morgan fingerprint density at radius 1 is 0.704 bits per heavy atom. The Hall–Kier alpha value is -2.30. The van der Waals surface area contributed by atoms with Crippen molar-refractivity contribution < 1.29 is 9.47 Å². The SMILES string of the molecule is CC=C(c1ccccc1N1CCOCC1)c1ccccc1N1CCOCC1. The van der Waals surface area contributed by atoms with Gasteiger partial charge in [-0.1, -0.05) is 42.5 Å². The van der Waals surface area contributed by atoms with Crippen LogP contribution >= 0.6 is 0 Å². The molecular weight excluding hydrogens is 336 g/mol. The summed E-state index contributed by atoms with van der Waals surface area (Å²) in [6, 6.07) is 17.5. The third kappa shape index (κ3) is 3.87. The number of para-hydroxylation sites is 2. The summed E-state index contributed by atoms with van der Waals surface area (Å²) in [5, 5.41) is 0. The van der Waals surface area contributed by atoms with Gasteiger partial charge in [-0.2, -0.15) is 0 Å². The molecule has 0 saturated carbocycles. The van der Waals surface area contributed by atoms with Crippen molar-refractivity contribution in [1.29, 1.82) is 0 Å². The molecule has 0 aromatic heterocycles. The van der Waals surface area contributed by atoms with Crippen LogP contribution in [0, 0.1) is 0 Å². The van der Waals surface area contributed by atoms with Gasteiger partial charge in [0.2, 0.25) is 0 Å². The predicted molar refractivity (Wildman–Crippen MR) is 112 cm³/mol. The van der Waals surface area contributed by atoms with Crippen LogP contribution < -0.4 is 9.80 Å². The fraction of sp³-hybridized carbons (Fsp3) is 0.391. The van der Waals surface area contributed by atoms with E-state index in [1.807, 2.05) is 0 Å². The van der Waals surface area contributed by atoms with E-state index in [4.69, 9.17) is 9.47 Å². The van der Waals surface area contributed by atoms with Crippen LogP contribution in [0.25, 0.3) is 5.57 Å². The van der Waals surface area contributed by atoms with Gasteiger partial charge in [-0.3, -0.25) is 0 Å². The molecule has 4 rings (SSSR count). The Labute approximate surface area is 162 Å². The molecule has 4 heteroatoms. The average molecular weight is 364 g/mol. The van der Waals surface area contributed by atoms with Crippen molar-refractivity contribution in [2.75, 3.05) is 62.4 Å². The quantitative estimate of drug-likeness (QED) is 0.824. The standard InChI is InChI=1S/C23H28N2O2/c1-2-19(20-7-3-5-9-22(20)24-11-15-26-16-12-24)21-8-4-6-10-23(21)25-13-17-27-18-14-25/h2-10H,11-18H2,1H3. The molecule has 2 aliphatic heterocycles. The molecule has 2 aromatic carbocycles. The lowest BCUT2D eigenvalue weighted by atomic mass is 9.93. The summed E-state index contributed by atoms with van der Waals surface area (Å²) in [6.07, 6.45) is 2.25. The molecule has 2 aromatic rings. The lowest BCUT2D eigenvalue weighted by Gasteiger charge is -2.33. The fourth-order valence-corrected chi connectivity index (χ4v) is 4.02. The van der Waals surface area contributed by atoms with E-state index < -0.39 is 0 Å². The van der Waals surface area contributed by atoms with Crippen LogP contribution in [0.2, 0.25) is 0 Å². The number of hydrogen-bond donors (Lipinski definition) is 0. The highest BCUT2D eigenvalue weighted by Gasteiger charge is 2.21. The zero-order valence-corrected chi connectivity index (χ0v) is 16.1. The van der Waals surface area contributed by atoms with Crippen LogP contribution in [0.4, 0.5) is 11.4 Å². The first-order chi connectivity index (χ1) is 13.4. The van der Waals surface area contributed by atoms with Gasteiger partial charge in [0.1, 0.15) is 0 Å². The van der Waals surface area contributed by atoms with Crippen LogP contribution in [-0.4, -0.2) is 52.6 Å². The molecule has 2 heterocycles. The molecule has 27 heavy (non-hydrogen) atoms. The van der Waals surface area contributed by atoms with E-state index in [1.165, 1.54) is 28.1 Å². The van der Waals surface area contributed by atoms with Crippen LogP contribution in [0.3, 0.4) is 0 Å². The van der Waals surface area contributed by atoms with Crippen molar-refractivity contribution >= 4 is 16.9 Å². The lowest BCUT2D eigenvalue weighted by molar-refractivity contribution is 0.122. The van der Waals surface area contributed by atoms with E-state index >= 15 is 0 Å². The van der Waals surface area contributed by atoms with Crippen LogP contribution in [0.1, 0.15) is 18.1 Å². The summed E-state index contributed by atoms with van der Waals surface area (Å²) in [6.45, 7) is 9.10. The Kier molecular flexibility index (Phi) is 5.75. The molecule has 0 unspecified atom stereocenters. The maximum absolute atomic E-state index is 5.56. The highest BCUT2D eigenvalue weighted by Crippen LogP contribution is 2.36. The number of ether oxygens (including phenoxy) is 2. The molecule has 142 valence electrons. The highest BCUT2D eigenvalue weighted by atomic mass is 16.5. The molecule has 2 fully saturated rings. The molecule has 0 bridgehead atoms. The van der Waals surface area contributed by atoms with Crippen molar-refractivity contribution in [3.63, 3.8) is 0 Å². The van der Waals surface area contributed by atoms with Crippen LogP contribution in [-0.2, 0) is 9.47 Å². The molecule has 0 amide bonds. The van der Waals surface area contributed by atoms with Gasteiger partial charge in [-0.25, -0.2) is 0 Å². The van der Waals surface area contributed by atoms with Crippen LogP contribution in [0.15, 0.2) is 54.6 Å². The fourth-order valence-electron chi connectivity index (χ4n) is 4.02. The van der Waals surface area contributed by atoms with Gasteiger partial charge in [0.15, 0.2) is 0 Å². The first-order valence-electron chi connectivity index (χ1n) is 9.89. The number of anilines is 2. The van der Waals surface area contributed by atoms with E-state index in [2.05, 4.69) is 71.3 Å². The summed E-state index contributed by atoms with van der Waals surface area (Å²) in [5.41, 5.74) is 6.47. The molecule has 0 aliphatic carbocycles. The normalized spacial score (nSPS) is 17.7.